The minimum Gasteiger partial charge on any atom is -0.457 e. The van der Waals surface area contributed by atoms with Gasteiger partial charge in [0, 0.05) is 32.0 Å². The van der Waals surface area contributed by atoms with Crippen LogP contribution in [0, 0.1) is 11.8 Å². The quantitative estimate of drug-likeness (QED) is 0.174. The zero-order valence-corrected chi connectivity index (χ0v) is 25.5. The zero-order valence-electron chi connectivity index (χ0n) is 25.5. The van der Waals surface area contributed by atoms with Gasteiger partial charge in [-0.1, -0.05) is 55.9 Å². The first kappa shape index (κ1) is 31.6. The van der Waals surface area contributed by atoms with E-state index in [2.05, 4.69) is 44.3 Å². The molecule has 7 atom stereocenters. The normalized spacial score (nSPS) is 34.8. The highest BCUT2D eigenvalue weighted by Crippen LogP contribution is 2.33. The van der Waals surface area contributed by atoms with Crippen LogP contribution >= 0.6 is 0 Å². The number of hydrogen-bond acceptors (Lipinski definition) is 5. The molecule has 228 valence electrons. The van der Waals surface area contributed by atoms with E-state index in [0.717, 1.165) is 70.9 Å². The highest BCUT2D eigenvalue weighted by Gasteiger charge is 2.32. The van der Waals surface area contributed by atoms with Crippen molar-refractivity contribution >= 4 is 12.0 Å². The first-order chi connectivity index (χ1) is 19.9. The summed E-state index contributed by atoms with van der Waals surface area (Å²) in [6.07, 6.45) is 24.8. The van der Waals surface area contributed by atoms with Gasteiger partial charge < -0.3 is 24.4 Å². The van der Waals surface area contributed by atoms with Gasteiger partial charge in [0.15, 0.2) is 0 Å². The molecule has 4 aliphatic heterocycles. The maximum Gasteiger partial charge on any atom is 0.317 e. The molecule has 0 aromatic heterocycles. The number of amides is 2. The fourth-order valence-electron chi connectivity index (χ4n) is 6.47. The van der Waals surface area contributed by atoms with Gasteiger partial charge >= 0.3 is 12.0 Å². The van der Waals surface area contributed by atoms with Crippen LogP contribution in [0.3, 0.4) is 0 Å². The summed E-state index contributed by atoms with van der Waals surface area (Å²) in [6, 6.07) is 0.0314. The molecule has 7 heteroatoms. The van der Waals surface area contributed by atoms with Gasteiger partial charge in [-0.05, 0) is 76.7 Å². The van der Waals surface area contributed by atoms with Crippen molar-refractivity contribution < 1.29 is 23.8 Å². The number of esters is 1. The minimum absolute atomic E-state index is 0.0314. The van der Waals surface area contributed by atoms with Crippen molar-refractivity contribution in [3.05, 3.63) is 48.1 Å². The van der Waals surface area contributed by atoms with Crippen molar-refractivity contribution in [3.63, 3.8) is 0 Å². The fraction of sp³-hybridized carbons (Fsp3) is 0.706. The number of carbonyl (C=O) groups excluding carboxylic acids is 2. The molecular weight excluding hydrogens is 516 g/mol. The third kappa shape index (κ3) is 10.4. The first-order valence-corrected chi connectivity index (χ1v) is 16.1. The summed E-state index contributed by atoms with van der Waals surface area (Å²) in [5.41, 5.74) is 1.36. The lowest BCUT2D eigenvalue weighted by molar-refractivity contribution is -0.154. The molecule has 4 aliphatic rings. The van der Waals surface area contributed by atoms with E-state index in [4.69, 9.17) is 14.2 Å². The van der Waals surface area contributed by atoms with Crippen molar-refractivity contribution in [1.82, 2.24) is 10.2 Å². The Hall–Kier alpha value is -2.38. The van der Waals surface area contributed by atoms with E-state index < -0.39 is 0 Å². The Labute approximate surface area is 247 Å². The van der Waals surface area contributed by atoms with Crippen LogP contribution in [-0.2, 0) is 19.0 Å². The molecule has 4 bridgehead atoms. The van der Waals surface area contributed by atoms with Gasteiger partial charge in [-0.2, -0.15) is 0 Å². The molecule has 0 spiro atoms. The molecule has 0 radical (unpaired) electrons. The van der Waals surface area contributed by atoms with Crippen molar-refractivity contribution in [2.75, 3.05) is 19.6 Å². The van der Waals surface area contributed by atoms with Crippen LogP contribution in [-0.4, -0.2) is 67.1 Å². The predicted octanol–water partition coefficient (Wildman–Crippen LogP) is 6.65. The Morgan fingerprint density at radius 3 is 2.46 bits per heavy atom. The van der Waals surface area contributed by atoms with Gasteiger partial charge in [-0.25, -0.2) is 4.79 Å². The minimum atomic E-state index is -0.366. The largest absolute Gasteiger partial charge is 0.457 e. The van der Waals surface area contributed by atoms with Crippen molar-refractivity contribution in [1.29, 1.82) is 0 Å². The topological polar surface area (TPSA) is 77.1 Å². The molecule has 7 unspecified atom stereocenters. The number of carbonyl (C=O) groups is 2. The molecule has 0 aliphatic carbocycles. The van der Waals surface area contributed by atoms with E-state index in [1.165, 1.54) is 12.0 Å². The van der Waals surface area contributed by atoms with Crippen LogP contribution in [0.2, 0.25) is 0 Å². The Kier molecular flexibility index (Phi) is 12.6. The van der Waals surface area contributed by atoms with Gasteiger partial charge in [0.05, 0.1) is 30.8 Å². The summed E-state index contributed by atoms with van der Waals surface area (Å²) in [5.74, 6) is 0.198. The summed E-state index contributed by atoms with van der Waals surface area (Å²) in [5, 5.41) is 2.99. The Balaban J connectivity index is 1.38. The second-order valence-electron chi connectivity index (χ2n) is 12.4. The van der Waals surface area contributed by atoms with Gasteiger partial charge in [-0.3, -0.25) is 4.79 Å². The van der Waals surface area contributed by atoms with Crippen LogP contribution < -0.4 is 5.32 Å². The van der Waals surface area contributed by atoms with Gasteiger partial charge in [0.1, 0.15) is 6.10 Å². The Morgan fingerprint density at radius 2 is 1.68 bits per heavy atom. The summed E-state index contributed by atoms with van der Waals surface area (Å²) in [7, 11) is 0. The molecule has 41 heavy (non-hydrogen) atoms. The molecule has 0 aromatic rings. The molecule has 3 saturated heterocycles. The van der Waals surface area contributed by atoms with Crippen LogP contribution in [0.15, 0.2) is 48.1 Å². The number of nitrogens with one attached hydrogen (secondary N) is 1. The average Bonchev–Trinajstić information content (AvgIpc) is 3.49. The summed E-state index contributed by atoms with van der Waals surface area (Å²) >= 11 is 0. The standard InChI is InChI=1S/C34H52N2O5/c1-4-27-21-30-23-29-13-11-12-28(39-29)20-25(2)15-16-26(3)32(41-33(37)24-31(22-27)40-30)14-7-5-6-8-17-35-34(38)36-18-9-10-19-36/h4-7,14-16,25-26,28-32H,8-13,17-24H2,1-3H3,(H,35,38). The SMILES string of the molecule is CC=C1CC2CC(=O)OC(C=CC=CCCNC(=O)N3CCCC3)C(C)C=CC(C)CC3CCCC(CC(C1)O2)O3. The van der Waals surface area contributed by atoms with Gasteiger partial charge in [-0.15, -0.1) is 0 Å². The lowest BCUT2D eigenvalue weighted by atomic mass is 9.90. The number of rotatable bonds is 5. The van der Waals surface area contributed by atoms with Gasteiger partial charge in [0.2, 0.25) is 0 Å². The second kappa shape index (κ2) is 16.3. The summed E-state index contributed by atoms with van der Waals surface area (Å²) in [4.78, 5) is 27.1. The van der Waals surface area contributed by atoms with Crippen molar-refractivity contribution in [2.24, 2.45) is 11.8 Å². The third-order valence-corrected chi connectivity index (χ3v) is 8.82. The monoisotopic (exact) mass is 568 g/mol. The maximum absolute atomic E-state index is 13.1. The number of cyclic esters (lactones) is 1. The lowest BCUT2D eigenvalue weighted by Gasteiger charge is -2.37. The number of hydrogen-bond donors (Lipinski definition) is 1. The number of nitrogens with zero attached hydrogens (tertiary/aromatic N) is 1. The Bertz CT molecular complexity index is 966. The molecule has 1 N–H and O–H groups in total. The van der Waals surface area contributed by atoms with Gasteiger partial charge in [0.25, 0.3) is 0 Å². The number of ether oxygens (including phenoxy) is 3. The van der Waals surface area contributed by atoms with E-state index >= 15 is 0 Å². The number of urea groups is 1. The summed E-state index contributed by atoms with van der Waals surface area (Å²) in [6.45, 7) is 8.75. The maximum atomic E-state index is 13.1. The molecule has 7 nitrogen and oxygen atoms in total. The van der Waals surface area contributed by atoms with Crippen molar-refractivity contribution in [3.8, 4) is 0 Å². The zero-order chi connectivity index (χ0) is 29.0. The summed E-state index contributed by atoms with van der Waals surface area (Å²) < 4.78 is 19.1. The predicted molar refractivity (Wildman–Crippen MR) is 162 cm³/mol. The highest BCUT2D eigenvalue weighted by molar-refractivity contribution is 5.74. The fourth-order valence-corrected chi connectivity index (χ4v) is 6.47. The van der Waals surface area contributed by atoms with E-state index in [1.54, 1.807) is 0 Å². The molecule has 0 aromatic carbocycles. The van der Waals surface area contributed by atoms with Crippen LogP contribution in [0.4, 0.5) is 4.79 Å². The average molecular weight is 569 g/mol. The number of fused-ring (bicyclic) bond motifs is 4. The second-order valence-corrected chi connectivity index (χ2v) is 12.4. The van der Waals surface area contributed by atoms with Crippen LogP contribution in [0.5, 0.6) is 0 Å². The lowest BCUT2D eigenvalue weighted by Crippen LogP contribution is -2.38. The van der Waals surface area contributed by atoms with E-state index in [-0.39, 0.29) is 54.9 Å². The molecule has 4 heterocycles. The first-order valence-electron chi connectivity index (χ1n) is 16.1. The van der Waals surface area contributed by atoms with Crippen LogP contribution in [0.25, 0.3) is 0 Å². The van der Waals surface area contributed by atoms with Crippen LogP contribution in [0.1, 0.15) is 91.4 Å². The van der Waals surface area contributed by atoms with E-state index in [1.807, 2.05) is 29.2 Å². The third-order valence-electron chi connectivity index (χ3n) is 8.82. The van der Waals surface area contributed by atoms with E-state index in [0.29, 0.717) is 12.5 Å². The molecular formula is C34H52N2O5. The molecule has 3 fully saturated rings. The highest BCUT2D eigenvalue weighted by atomic mass is 16.5. The van der Waals surface area contributed by atoms with Crippen molar-refractivity contribution in [2.45, 2.75) is 122 Å². The van der Waals surface area contributed by atoms with E-state index in [9.17, 15) is 9.59 Å². The molecule has 2 amide bonds. The molecule has 4 rings (SSSR count). The molecule has 0 saturated carbocycles. The smallest absolute Gasteiger partial charge is 0.317 e. The number of likely N-dealkylation sites (tertiary alicyclic amines) is 1. The number of allylic oxidation sites excluding steroid dienone is 4. The Morgan fingerprint density at radius 1 is 0.951 bits per heavy atom.